The molecule has 0 amide bonds. The first-order valence-corrected chi connectivity index (χ1v) is 8.62. The van der Waals surface area contributed by atoms with Crippen molar-refractivity contribution in [2.24, 2.45) is 7.05 Å². The van der Waals surface area contributed by atoms with Crippen LogP contribution in [0.4, 0.5) is 5.69 Å². The lowest BCUT2D eigenvalue weighted by Crippen LogP contribution is -2.28. The van der Waals surface area contributed by atoms with Gasteiger partial charge in [0.1, 0.15) is 19.6 Å². The Kier molecular flexibility index (Phi) is 3.53. The van der Waals surface area contributed by atoms with Crippen molar-refractivity contribution in [3.63, 3.8) is 0 Å². The van der Waals surface area contributed by atoms with Gasteiger partial charge < -0.3 is 0 Å². The molecule has 0 radical (unpaired) electrons. The van der Waals surface area contributed by atoms with Crippen LogP contribution in [0.5, 0.6) is 0 Å². The molecule has 0 atom stereocenters. The van der Waals surface area contributed by atoms with Crippen LogP contribution in [0.2, 0.25) is 0 Å². The lowest BCUT2D eigenvalue weighted by molar-refractivity contribution is -0.645. The molecule has 0 N–H and O–H groups in total. The van der Waals surface area contributed by atoms with E-state index in [1.807, 2.05) is 12.4 Å². The first kappa shape index (κ1) is 15.7. The number of aromatic nitrogens is 2. The summed E-state index contributed by atoms with van der Waals surface area (Å²) in [6.07, 6.45) is 8.27. The van der Waals surface area contributed by atoms with Crippen LogP contribution in [0.1, 0.15) is 25.0 Å². The molecule has 0 unspecified atom stereocenters. The number of allylic oxidation sites excluding steroid dienone is 1. The van der Waals surface area contributed by atoms with Crippen LogP contribution < -0.4 is 4.57 Å². The van der Waals surface area contributed by atoms with Gasteiger partial charge in [0.2, 0.25) is 11.2 Å². The SMILES string of the molecule is C[N+]1=C(/C=C/c2cccc3c2ncc[n+]3C)C(C)(C)c2ccccc21. The minimum Gasteiger partial charge on any atom is -0.243 e. The van der Waals surface area contributed by atoms with Crippen LogP contribution in [0.25, 0.3) is 17.1 Å². The Balaban J connectivity index is 1.82. The molecule has 0 spiro atoms. The third kappa shape index (κ3) is 2.39. The fourth-order valence-electron chi connectivity index (χ4n) is 3.87. The lowest BCUT2D eigenvalue weighted by Gasteiger charge is -2.15. The minimum atomic E-state index is -0.00940. The van der Waals surface area contributed by atoms with Gasteiger partial charge in [0.15, 0.2) is 11.9 Å². The standard InChI is InChI=1S/C22H23N3/c1-22(2)17-9-5-6-10-18(17)25(4)20(22)13-12-16-8-7-11-19-21(16)23-14-15-24(19)3/h5-15H,1-4H3/q+2. The molecule has 3 nitrogen and oxygen atoms in total. The third-order valence-corrected chi connectivity index (χ3v) is 5.28. The second kappa shape index (κ2) is 5.62. The largest absolute Gasteiger partial charge is 0.243 e. The van der Waals surface area contributed by atoms with Crippen LogP contribution in [0.3, 0.4) is 0 Å². The van der Waals surface area contributed by atoms with E-state index in [0.29, 0.717) is 0 Å². The van der Waals surface area contributed by atoms with Gasteiger partial charge in [-0.3, -0.25) is 0 Å². The number of aryl methyl sites for hydroxylation is 1. The Morgan fingerprint density at radius 1 is 0.960 bits per heavy atom. The number of benzene rings is 2. The maximum atomic E-state index is 4.59. The van der Waals surface area contributed by atoms with E-state index in [9.17, 15) is 0 Å². The molecule has 0 saturated heterocycles. The predicted molar refractivity (Wildman–Crippen MR) is 102 cm³/mol. The van der Waals surface area contributed by atoms with Crippen molar-refractivity contribution in [1.82, 2.24) is 4.98 Å². The molecule has 25 heavy (non-hydrogen) atoms. The molecule has 0 aliphatic carbocycles. The van der Waals surface area contributed by atoms with Crippen LogP contribution >= 0.6 is 0 Å². The summed E-state index contributed by atoms with van der Waals surface area (Å²) in [5.41, 5.74) is 7.25. The molecule has 0 bridgehead atoms. The van der Waals surface area contributed by atoms with Gasteiger partial charge >= 0.3 is 0 Å². The topological polar surface area (TPSA) is 19.8 Å². The zero-order chi connectivity index (χ0) is 17.6. The molecule has 0 saturated carbocycles. The zero-order valence-corrected chi connectivity index (χ0v) is 15.2. The summed E-state index contributed by atoms with van der Waals surface area (Å²) < 4.78 is 4.40. The van der Waals surface area contributed by atoms with Gasteiger partial charge in [0, 0.05) is 29.3 Å². The summed E-state index contributed by atoms with van der Waals surface area (Å²) in [5, 5.41) is 0. The van der Waals surface area contributed by atoms with E-state index in [1.165, 1.54) is 17.0 Å². The van der Waals surface area contributed by atoms with Crippen LogP contribution in [-0.4, -0.2) is 22.3 Å². The second-order valence-electron chi connectivity index (χ2n) is 7.17. The van der Waals surface area contributed by atoms with E-state index >= 15 is 0 Å². The van der Waals surface area contributed by atoms with Crippen molar-refractivity contribution >= 4 is 28.5 Å². The van der Waals surface area contributed by atoms with E-state index in [4.69, 9.17) is 0 Å². The average molecular weight is 329 g/mol. The van der Waals surface area contributed by atoms with Crippen LogP contribution in [0, 0.1) is 0 Å². The second-order valence-corrected chi connectivity index (χ2v) is 7.17. The summed E-state index contributed by atoms with van der Waals surface area (Å²) in [4.78, 5) is 4.59. The summed E-state index contributed by atoms with van der Waals surface area (Å²) >= 11 is 0. The van der Waals surface area contributed by atoms with Crippen LogP contribution in [-0.2, 0) is 12.5 Å². The van der Waals surface area contributed by atoms with E-state index in [2.05, 4.69) is 96.7 Å². The zero-order valence-electron chi connectivity index (χ0n) is 15.2. The molecule has 3 aromatic rings. The first-order chi connectivity index (χ1) is 12.0. The van der Waals surface area contributed by atoms with Crippen molar-refractivity contribution in [2.45, 2.75) is 19.3 Å². The predicted octanol–water partition coefficient (Wildman–Crippen LogP) is 3.78. The van der Waals surface area contributed by atoms with E-state index < -0.39 is 0 Å². The fraction of sp³-hybridized carbons (Fsp3) is 0.227. The lowest BCUT2D eigenvalue weighted by atomic mass is 9.81. The maximum Gasteiger partial charge on any atom is 0.231 e. The van der Waals surface area contributed by atoms with Crippen molar-refractivity contribution in [3.05, 3.63) is 72.1 Å². The number of hydrogen-bond donors (Lipinski definition) is 0. The van der Waals surface area contributed by atoms with Crippen LogP contribution in [0.15, 0.2) is 60.9 Å². The fourth-order valence-corrected chi connectivity index (χ4v) is 3.87. The van der Waals surface area contributed by atoms with Crippen molar-refractivity contribution < 1.29 is 9.14 Å². The molecular weight excluding hydrogens is 306 g/mol. The summed E-state index contributed by atoms with van der Waals surface area (Å²) in [6.45, 7) is 4.58. The van der Waals surface area contributed by atoms with Gasteiger partial charge in [0.25, 0.3) is 0 Å². The third-order valence-electron chi connectivity index (χ3n) is 5.28. The molecule has 0 fully saturated rings. The normalized spacial score (nSPS) is 16.0. The Bertz CT molecular complexity index is 1040. The highest BCUT2D eigenvalue weighted by Gasteiger charge is 2.42. The molecule has 124 valence electrons. The molecule has 2 heterocycles. The van der Waals surface area contributed by atoms with Crippen molar-refractivity contribution in [3.8, 4) is 0 Å². The highest BCUT2D eigenvalue weighted by atomic mass is 15.0. The highest BCUT2D eigenvalue weighted by molar-refractivity contribution is 6.06. The number of hydrogen-bond acceptors (Lipinski definition) is 1. The number of nitrogens with zero attached hydrogens (tertiary/aromatic N) is 3. The molecule has 1 aliphatic heterocycles. The number of para-hydroxylation sites is 2. The maximum absolute atomic E-state index is 4.59. The summed E-state index contributed by atoms with van der Waals surface area (Å²) in [5.74, 6) is 0. The Morgan fingerprint density at radius 3 is 2.56 bits per heavy atom. The van der Waals surface area contributed by atoms with Gasteiger partial charge in [0.05, 0.1) is 11.6 Å². The molecule has 4 rings (SSSR count). The van der Waals surface area contributed by atoms with E-state index in [1.54, 1.807) is 0 Å². The first-order valence-electron chi connectivity index (χ1n) is 8.62. The van der Waals surface area contributed by atoms with E-state index in [-0.39, 0.29) is 5.41 Å². The number of fused-ring (bicyclic) bond motifs is 2. The Morgan fingerprint density at radius 2 is 1.76 bits per heavy atom. The Hall–Kier alpha value is -2.81. The van der Waals surface area contributed by atoms with Gasteiger partial charge in [-0.15, -0.1) is 0 Å². The monoisotopic (exact) mass is 329 g/mol. The highest BCUT2D eigenvalue weighted by Crippen LogP contribution is 2.39. The smallest absolute Gasteiger partial charge is 0.231 e. The van der Waals surface area contributed by atoms with Crippen molar-refractivity contribution in [1.29, 1.82) is 0 Å². The molecule has 1 aliphatic rings. The van der Waals surface area contributed by atoms with Gasteiger partial charge in [-0.25, -0.2) is 4.98 Å². The quantitative estimate of drug-likeness (QED) is 0.655. The molecule has 1 aromatic heterocycles. The Labute approximate surface area is 148 Å². The summed E-state index contributed by atoms with van der Waals surface area (Å²) in [7, 11) is 4.20. The average Bonchev–Trinajstić information content (AvgIpc) is 2.81. The minimum absolute atomic E-state index is 0.00940. The van der Waals surface area contributed by atoms with Gasteiger partial charge in [-0.1, -0.05) is 30.3 Å². The number of rotatable bonds is 2. The molecule has 2 aromatic carbocycles. The van der Waals surface area contributed by atoms with E-state index in [0.717, 1.165) is 16.6 Å². The summed E-state index contributed by atoms with van der Waals surface area (Å²) in [6, 6.07) is 15.0. The van der Waals surface area contributed by atoms with Crippen molar-refractivity contribution in [2.75, 3.05) is 7.05 Å². The van der Waals surface area contributed by atoms with Gasteiger partial charge in [-0.2, -0.15) is 9.14 Å². The van der Waals surface area contributed by atoms with Gasteiger partial charge in [-0.05, 0) is 19.9 Å². The molecular formula is C22H23N3+2. The molecule has 3 heteroatoms.